The molecule has 0 aromatic heterocycles. The van der Waals surface area contributed by atoms with Crippen LogP contribution in [0.15, 0.2) is 103 Å². The molecule has 7 N–H and O–H groups in total. The van der Waals surface area contributed by atoms with Crippen LogP contribution in [-0.2, 0) is 52.9 Å². The van der Waals surface area contributed by atoms with Crippen LogP contribution >= 0.6 is 0 Å². The summed E-state index contributed by atoms with van der Waals surface area (Å²) in [4.78, 5) is 81.3. The fourth-order valence-corrected chi connectivity index (χ4v) is 7.61. The molecule has 1 aliphatic rings. The third-order valence-corrected chi connectivity index (χ3v) is 11.3. The molecular formula is C47H58N6O9. The lowest BCUT2D eigenvalue weighted by Gasteiger charge is -2.33. The molecule has 15 heteroatoms. The molecule has 7 atom stereocenters. The van der Waals surface area contributed by atoms with E-state index >= 15 is 0 Å². The van der Waals surface area contributed by atoms with E-state index in [0.717, 1.165) is 27.5 Å². The minimum absolute atomic E-state index is 0.0285. The Kier molecular flexibility index (Phi) is 17.4. The van der Waals surface area contributed by atoms with Crippen molar-refractivity contribution >= 4 is 46.5 Å². The molecule has 0 bridgehead atoms. The SMILES string of the molecule is CC[C@H](C)[C@H](NC(=O)C1CCCN1C[C@@H](O)[C@H](Cc1ccccc1)NC(=O)[C@H](CC(N)=O)NC(=O)OCc1ccccc1)C(=O)N[C@@H](Cc1ccc2ccccc2c1)C(=O)OC. The summed E-state index contributed by atoms with van der Waals surface area (Å²) in [5.74, 6) is -3.46. The largest absolute Gasteiger partial charge is 0.467 e. The molecule has 4 aromatic rings. The summed E-state index contributed by atoms with van der Waals surface area (Å²) in [5, 5.41) is 24.8. The molecule has 0 spiro atoms. The van der Waals surface area contributed by atoms with Gasteiger partial charge < -0.3 is 41.6 Å². The van der Waals surface area contributed by atoms with Crippen LogP contribution in [0.4, 0.5) is 4.79 Å². The highest BCUT2D eigenvalue weighted by atomic mass is 16.5. The summed E-state index contributed by atoms with van der Waals surface area (Å²) in [5.41, 5.74) is 7.80. The lowest BCUT2D eigenvalue weighted by Crippen LogP contribution is -2.59. The maximum Gasteiger partial charge on any atom is 0.408 e. The molecule has 330 valence electrons. The minimum Gasteiger partial charge on any atom is -0.467 e. The number of amides is 5. The molecule has 1 unspecified atom stereocenters. The van der Waals surface area contributed by atoms with Crippen LogP contribution in [0.25, 0.3) is 10.8 Å². The number of rotatable bonds is 21. The van der Waals surface area contributed by atoms with E-state index in [9.17, 15) is 33.9 Å². The van der Waals surface area contributed by atoms with E-state index in [0.29, 0.717) is 25.8 Å². The molecule has 1 saturated heterocycles. The molecule has 5 amide bonds. The number of carbonyl (C=O) groups excluding carboxylic acids is 6. The molecule has 1 heterocycles. The van der Waals surface area contributed by atoms with Crippen molar-refractivity contribution in [1.29, 1.82) is 0 Å². The number of hydrogen-bond donors (Lipinski definition) is 6. The number of nitrogens with two attached hydrogens (primary N) is 1. The van der Waals surface area contributed by atoms with Crippen LogP contribution in [0.2, 0.25) is 0 Å². The molecule has 0 radical (unpaired) electrons. The van der Waals surface area contributed by atoms with Gasteiger partial charge in [0.2, 0.25) is 23.6 Å². The summed E-state index contributed by atoms with van der Waals surface area (Å²) >= 11 is 0. The highest BCUT2D eigenvalue weighted by Gasteiger charge is 2.38. The minimum atomic E-state index is -1.40. The predicted molar refractivity (Wildman–Crippen MR) is 233 cm³/mol. The van der Waals surface area contributed by atoms with Crippen molar-refractivity contribution in [2.24, 2.45) is 11.7 Å². The highest BCUT2D eigenvalue weighted by molar-refractivity contribution is 5.93. The summed E-state index contributed by atoms with van der Waals surface area (Å²) in [6.45, 7) is 4.11. The van der Waals surface area contributed by atoms with Crippen LogP contribution in [0.1, 0.15) is 56.2 Å². The van der Waals surface area contributed by atoms with Crippen molar-refractivity contribution in [3.63, 3.8) is 0 Å². The van der Waals surface area contributed by atoms with Gasteiger partial charge >= 0.3 is 12.1 Å². The quantitative estimate of drug-likeness (QED) is 0.0673. The number of alkyl carbamates (subject to hydrolysis) is 1. The van der Waals surface area contributed by atoms with Crippen LogP contribution < -0.4 is 27.0 Å². The van der Waals surface area contributed by atoms with E-state index in [1.807, 2.05) is 97.6 Å². The Morgan fingerprint density at radius 3 is 2.10 bits per heavy atom. The first-order valence-electron chi connectivity index (χ1n) is 21.0. The lowest BCUT2D eigenvalue weighted by atomic mass is 9.96. The summed E-state index contributed by atoms with van der Waals surface area (Å²) in [6.07, 6.45) is -0.695. The lowest BCUT2D eigenvalue weighted by molar-refractivity contribution is -0.145. The van der Waals surface area contributed by atoms with Gasteiger partial charge in [-0.15, -0.1) is 0 Å². The first-order valence-corrected chi connectivity index (χ1v) is 21.0. The van der Waals surface area contributed by atoms with Crippen LogP contribution in [0, 0.1) is 5.92 Å². The third-order valence-electron chi connectivity index (χ3n) is 11.3. The smallest absolute Gasteiger partial charge is 0.408 e. The molecule has 1 aliphatic heterocycles. The van der Waals surface area contributed by atoms with Gasteiger partial charge in [-0.25, -0.2) is 9.59 Å². The normalized spacial score (nSPS) is 16.7. The second-order valence-corrected chi connectivity index (χ2v) is 15.8. The van der Waals surface area contributed by atoms with E-state index < -0.39 is 78.4 Å². The van der Waals surface area contributed by atoms with Gasteiger partial charge in [-0.3, -0.25) is 24.1 Å². The number of nitrogens with zero attached hydrogens (tertiary/aromatic N) is 1. The number of aliphatic hydroxyl groups excluding tert-OH is 1. The fraction of sp³-hybridized carbons (Fsp3) is 0.404. The number of esters is 1. The number of primary amides is 1. The number of methoxy groups -OCH3 is 1. The van der Waals surface area contributed by atoms with Crippen LogP contribution in [-0.4, -0.2) is 102 Å². The first-order chi connectivity index (χ1) is 29.8. The Hall–Kier alpha value is -6.32. The maximum atomic E-state index is 14.1. The Morgan fingerprint density at radius 1 is 0.774 bits per heavy atom. The van der Waals surface area contributed by atoms with Crippen molar-refractivity contribution in [2.45, 2.75) is 95.3 Å². The average molecular weight is 851 g/mol. The van der Waals surface area contributed by atoms with Crippen molar-refractivity contribution < 1.29 is 43.3 Å². The van der Waals surface area contributed by atoms with E-state index in [-0.39, 0.29) is 31.9 Å². The summed E-state index contributed by atoms with van der Waals surface area (Å²) in [7, 11) is 1.26. The highest BCUT2D eigenvalue weighted by Crippen LogP contribution is 2.22. The number of carbonyl (C=O) groups is 6. The summed E-state index contributed by atoms with van der Waals surface area (Å²) in [6, 6.07) is 26.7. The van der Waals surface area contributed by atoms with E-state index in [4.69, 9.17) is 15.2 Å². The monoisotopic (exact) mass is 850 g/mol. The Bertz CT molecular complexity index is 2140. The van der Waals surface area contributed by atoms with Gasteiger partial charge in [-0.05, 0) is 59.2 Å². The molecule has 15 nitrogen and oxygen atoms in total. The molecule has 5 rings (SSSR count). The van der Waals surface area contributed by atoms with Crippen molar-refractivity contribution in [3.8, 4) is 0 Å². The molecular weight excluding hydrogens is 793 g/mol. The third kappa shape index (κ3) is 13.6. The van der Waals surface area contributed by atoms with Crippen LogP contribution in [0.3, 0.4) is 0 Å². The summed E-state index contributed by atoms with van der Waals surface area (Å²) < 4.78 is 10.3. The van der Waals surface area contributed by atoms with Gasteiger partial charge in [0, 0.05) is 13.0 Å². The molecule has 4 aromatic carbocycles. The van der Waals surface area contributed by atoms with Gasteiger partial charge in [0.25, 0.3) is 0 Å². The fourth-order valence-electron chi connectivity index (χ4n) is 7.61. The van der Waals surface area contributed by atoms with Gasteiger partial charge in [0.05, 0.1) is 31.7 Å². The topological polar surface area (TPSA) is 218 Å². The zero-order chi connectivity index (χ0) is 44.6. The van der Waals surface area contributed by atoms with Gasteiger partial charge in [0.15, 0.2) is 0 Å². The van der Waals surface area contributed by atoms with E-state index in [1.54, 1.807) is 24.3 Å². The standard InChI is InChI=1S/C47H58N6O9/c1-4-30(2)42(45(58)50-38(46(59)61-3)26-33-21-22-34-18-11-12-19-35(34)24-33)52-44(57)39-20-13-23-53(39)28-40(54)36(25-31-14-7-5-8-15-31)49-43(56)37(27-41(48)55)51-47(60)62-29-32-16-9-6-10-17-32/h5-12,14-19,21-22,24,30,36-40,42,54H,4,13,20,23,25-29H2,1-3H3,(H2,48,55)(H,49,56)(H,50,58)(H,51,60)(H,52,57)/t30-,36-,37-,38-,39?,40+,42-/m0/s1. The van der Waals surface area contributed by atoms with Gasteiger partial charge in [-0.2, -0.15) is 0 Å². The molecule has 0 saturated carbocycles. The van der Waals surface area contributed by atoms with Crippen molar-refractivity contribution in [3.05, 3.63) is 120 Å². The molecule has 1 fully saturated rings. The van der Waals surface area contributed by atoms with E-state index in [1.165, 1.54) is 7.11 Å². The number of likely N-dealkylation sites (tertiary alicyclic amines) is 1. The Morgan fingerprint density at radius 2 is 1.44 bits per heavy atom. The zero-order valence-electron chi connectivity index (χ0n) is 35.5. The van der Waals surface area contributed by atoms with Crippen LogP contribution in [0.5, 0.6) is 0 Å². The number of nitrogens with one attached hydrogen (secondary N) is 4. The molecule has 0 aliphatic carbocycles. The number of ether oxygens (including phenoxy) is 2. The number of benzene rings is 4. The second kappa shape index (κ2) is 23.0. The average Bonchev–Trinajstić information content (AvgIpc) is 3.74. The number of aliphatic hydroxyl groups is 1. The van der Waals surface area contributed by atoms with Crippen molar-refractivity contribution in [2.75, 3.05) is 20.2 Å². The maximum absolute atomic E-state index is 14.1. The predicted octanol–water partition coefficient (Wildman–Crippen LogP) is 3.29. The first kappa shape index (κ1) is 46.7. The Labute approximate surface area is 362 Å². The van der Waals surface area contributed by atoms with Gasteiger partial charge in [-0.1, -0.05) is 123 Å². The number of fused-ring (bicyclic) bond motifs is 1. The van der Waals surface area contributed by atoms with E-state index in [2.05, 4.69) is 21.3 Å². The molecule has 62 heavy (non-hydrogen) atoms. The zero-order valence-corrected chi connectivity index (χ0v) is 35.5. The van der Waals surface area contributed by atoms with Crippen molar-refractivity contribution in [1.82, 2.24) is 26.2 Å². The van der Waals surface area contributed by atoms with Gasteiger partial charge in [0.1, 0.15) is 24.7 Å². The number of β-amino-alcohol motifs (C(OH)–C–C–N with tert-alkyl or cyclic N) is 1. The second-order valence-electron chi connectivity index (χ2n) is 15.8. The Balaban J connectivity index is 1.26. The number of hydrogen-bond acceptors (Lipinski definition) is 10.